The Labute approximate surface area is 237 Å². The minimum absolute atomic E-state index is 0.131. The number of hydrogen-bond donors (Lipinski definition) is 2. The van der Waals surface area contributed by atoms with Crippen LogP contribution in [0.3, 0.4) is 0 Å². The van der Waals surface area contributed by atoms with Crippen LogP contribution in [0.5, 0.6) is 0 Å². The van der Waals surface area contributed by atoms with Crippen LogP contribution in [0.2, 0.25) is 15.1 Å². The molecule has 14 heteroatoms. The minimum Gasteiger partial charge on any atom is -0.368 e. The Kier molecular flexibility index (Phi) is 8.62. The molecular formula is C24H19Cl3N6O4S. The second-order valence-electron chi connectivity index (χ2n) is 8.11. The van der Waals surface area contributed by atoms with E-state index >= 15 is 0 Å². The van der Waals surface area contributed by atoms with Gasteiger partial charge in [-0.1, -0.05) is 34.8 Å². The van der Waals surface area contributed by atoms with Gasteiger partial charge < -0.3 is 15.5 Å². The summed E-state index contributed by atoms with van der Waals surface area (Å²) in [5.41, 5.74) is 0.824. The zero-order chi connectivity index (χ0) is 27.4. The number of carbonyl (C=O) groups is 2. The Morgan fingerprint density at radius 2 is 1.82 bits per heavy atom. The number of nitrogens with zero attached hydrogens (tertiary/aromatic N) is 4. The van der Waals surface area contributed by atoms with Crippen molar-refractivity contribution in [1.29, 1.82) is 0 Å². The Balaban J connectivity index is 1.50. The van der Waals surface area contributed by atoms with Crippen molar-refractivity contribution >= 4 is 86.8 Å². The summed E-state index contributed by atoms with van der Waals surface area (Å²) < 4.78 is 0. The molecule has 2 heterocycles. The fourth-order valence-corrected chi connectivity index (χ4v) is 4.62. The number of nitrogens with one attached hydrogen (secondary N) is 2. The van der Waals surface area contributed by atoms with Crippen molar-refractivity contribution in [1.82, 2.24) is 9.88 Å². The van der Waals surface area contributed by atoms with Gasteiger partial charge in [0.2, 0.25) is 5.91 Å². The van der Waals surface area contributed by atoms with E-state index in [1.165, 1.54) is 23.1 Å². The number of hydrogen-bond acceptors (Lipinski definition) is 7. The SMILES string of the molecule is O=C(C[C@H]1C(=O)N(c2ccc(Cl)cc2)C(=S)N1CCNc1ccc([N+](=O)[O-])cn1)Nc1ccc(Cl)c(Cl)c1. The van der Waals surface area contributed by atoms with Gasteiger partial charge in [0.05, 0.1) is 27.1 Å². The van der Waals surface area contributed by atoms with Crippen molar-refractivity contribution in [3.63, 3.8) is 0 Å². The first-order valence-electron chi connectivity index (χ1n) is 11.1. The van der Waals surface area contributed by atoms with Crippen molar-refractivity contribution in [3.8, 4) is 0 Å². The standard InChI is InChI=1S/C24H19Cl3N6O4S/c25-14-1-4-16(5-2-14)32-23(35)20(12-22(34)30-15-3-7-18(26)19(27)11-15)31(24(32)38)10-9-28-21-8-6-17(13-29-21)33(36)37/h1-8,11,13,20H,9-10,12H2,(H,28,29)(H,30,34)/t20-/m0/s1. The number of nitro groups is 1. The van der Waals surface area contributed by atoms with E-state index in [9.17, 15) is 19.7 Å². The molecule has 0 bridgehead atoms. The molecule has 1 atom stereocenters. The molecule has 0 spiro atoms. The molecule has 1 fully saturated rings. The fraction of sp³-hybridized carbons (Fsp3) is 0.167. The van der Waals surface area contributed by atoms with Gasteiger partial charge in [-0.3, -0.25) is 24.6 Å². The first-order valence-corrected chi connectivity index (χ1v) is 12.7. The number of rotatable bonds is 9. The fourth-order valence-electron chi connectivity index (χ4n) is 3.78. The Bertz CT molecular complexity index is 1390. The average Bonchev–Trinajstić information content (AvgIpc) is 3.11. The van der Waals surface area contributed by atoms with Crippen LogP contribution in [0.1, 0.15) is 6.42 Å². The molecule has 196 valence electrons. The third-order valence-electron chi connectivity index (χ3n) is 5.60. The lowest BCUT2D eigenvalue weighted by Crippen LogP contribution is -2.40. The van der Waals surface area contributed by atoms with Gasteiger partial charge in [0.25, 0.3) is 11.6 Å². The third-order valence-corrected chi connectivity index (χ3v) is 7.01. The monoisotopic (exact) mass is 592 g/mol. The van der Waals surface area contributed by atoms with Crippen LogP contribution >= 0.6 is 47.0 Å². The molecule has 1 saturated heterocycles. The van der Waals surface area contributed by atoms with E-state index in [0.717, 1.165) is 6.20 Å². The maximum Gasteiger partial charge on any atom is 0.287 e. The van der Waals surface area contributed by atoms with Crippen molar-refractivity contribution in [2.24, 2.45) is 0 Å². The van der Waals surface area contributed by atoms with Gasteiger partial charge in [-0.05, 0) is 60.7 Å². The summed E-state index contributed by atoms with van der Waals surface area (Å²) >= 11 is 23.6. The van der Waals surface area contributed by atoms with Gasteiger partial charge in [0.15, 0.2) is 5.11 Å². The Morgan fingerprint density at radius 3 is 2.45 bits per heavy atom. The van der Waals surface area contributed by atoms with Crippen molar-refractivity contribution in [3.05, 3.63) is 86.0 Å². The quantitative estimate of drug-likeness (QED) is 0.192. The minimum atomic E-state index is -0.882. The molecule has 0 saturated carbocycles. The van der Waals surface area contributed by atoms with Crippen molar-refractivity contribution in [2.45, 2.75) is 12.5 Å². The molecule has 10 nitrogen and oxygen atoms in total. The molecule has 0 unspecified atom stereocenters. The summed E-state index contributed by atoms with van der Waals surface area (Å²) in [7, 11) is 0. The topological polar surface area (TPSA) is 121 Å². The summed E-state index contributed by atoms with van der Waals surface area (Å²) in [5, 5.41) is 18.0. The molecule has 2 amide bonds. The van der Waals surface area contributed by atoms with E-state index in [2.05, 4.69) is 15.6 Å². The first-order chi connectivity index (χ1) is 18.1. The highest BCUT2D eigenvalue weighted by Crippen LogP contribution is 2.29. The lowest BCUT2D eigenvalue weighted by atomic mass is 10.1. The summed E-state index contributed by atoms with van der Waals surface area (Å²) in [4.78, 5) is 43.7. The number of halogens is 3. The number of carbonyl (C=O) groups excluding carboxylic acids is 2. The van der Waals surface area contributed by atoms with Gasteiger partial charge in [0, 0.05) is 29.9 Å². The van der Waals surface area contributed by atoms with E-state index in [1.54, 1.807) is 41.3 Å². The molecule has 1 aliphatic heterocycles. The van der Waals surface area contributed by atoms with Crippen LogP contribution in [-0.2, 0) is 9.59 Å². The second kappa shape index (κ2) is 11.9. The molecule has 2 aromatic carbocycles. The molecular weight excluding hydrogens is 575 g/mol. The van der Waals surface area contributed by atoms with E-state index in [1.807, 2.05) is 0 Å². The summed E-state index contributed by atoms with van der Waals surface area (Å²) in [5.74, 6) is -0.372. The van der Waals surface area contributed by atoms with E-state index < -0.39 is 16.9 Å². The highest BCUT2D eigenvalue weighted by molar-refractivity contribution is 7.80. The largest absolute Gasteiger partial charge is 0.368 e. The van der Waals surface area contributed by atoms with E-state index in [4.69, 9.17) is 47.0 Å². The Morgan fingerprint density at radius 1 is 1.08 bits per heavy atom. The predicted molar refractivity (Wildman–Crippen MR) is 151 cm³/mol. The number of amides is 2. The number of thiocarbonyl (C=S) groups is 1. The normalized spacial score (nSPS) is 15.1. The molecule has 2 N–H and O–H groups in total. The lowest BCUT2D eigenvalue weighted by molar-refractivity contribution is -0.385. The number of anilines is 3. The third kappa shape index (κ3) is 6.30. The lowest BCUT2D eigenvalue weighted by Gasteiger charge is -2.24. The molecule has 38 heavy (non-hydrogen) atoms. The zero-order valence-electron chi connectivity index (χ0n) is 19.4. The predicted octanol–water partition coefficient (Wildman–Crippen LogP) is 5.39. The Hall–Kier alpha value is -3.51. The number of aromatic nitrogens is 1. The molecule has 4 rings (SSSR count). The second-order valence-corrected chi connectivity index (χ2v) is 9.72. The maximum absolute atomic E-state index is 13.5. The van der Waals surface area contributed by atoms with Crippen LogP contribution < -0.4 is 15.5 Å². The first kappa shape index (κ1) is 27.5. The molecule has 0 aliphatic carbocycles. The van der Waals surface area contributed by atoms with Gasteiger partial charge in [-0.2, -0.15) is 0 Å². The average molecular weight is 594 g/mol. The van der Waals surface area contributed by atoms with Crippen LogP contribution in [0.15, 0.2) is 60.8 Å². The van der Waals surface area contributed by atoms with Crippen LogP contribution in [0.4, 0.5) is 22.9 Å². The van der Waals surface area contributed by atoms with Crippen LogP contribution in [0.25, 0.3) is 0 Å². The van der Waals surface area contributed by atoms with Crippen molar-refractivity contribution < 1.29 is 14.5 Å². The van der Waals surface area contributed by atoms with Gasteiger partial charge in [-0.15, -0.1) is 0 Å². The van der Waals surface area contributed by atoms with Crippen LogP contribution in [-0.4, -0.2) is 50.9 Å². The maximum atomic E-state index is 13.5. The molecule has 1 aromatic heterocycles. The molecule has 0 radical (unpaired) electrons. The molecule has 1 aliphatic rings. The van der Waals surface area contributed by atoms with Crippen molar-refractivity contribution in [2.75, 3.05) is 28.6 Å². The van der Waals surface area contributed by atoms with Crippen LogP contribution in [0, 0.1) is 10.1 Å². The smallest absolute Gasteiger partial charge is 0.287 e. The zero-order valence-corrected chi connectivity index (χ0v) is 22.5. The summed E-state index contributed by atoms with van der Waals surface area (Å²) in [6.07, 6.45) is 0.962. The van der Waals surface area contributed by atoms with E-state index in [-0.39, 0.29) is 41.2 Å². The van der Waals surface area contributed by atoms with Gasteiger partial charge in [0.1, 0.15) is 18.1 Å². The summed E-state index contributed by atoms with van der Waals surface area (Å²) in [6.45, 7) is 0.537. The van der Waals surface area contributed by atoms with Gasteiger partial charge >= 0.3 is 0 Å². The van der Waals surface area contributed by atoms with E-state index in [0.29, 0.717) is 27.2 Å². The number of pyridine rings is 1. The summed E-state index contributed by atoms with van der Waals surface area (Å²) in [6, 6.07) is 13.2. The highest BCUT2D eigenvalue weighted by atomic mass is 35.5. The molecule has 3 aromatic rings. The van der Waals surface area contributed by atoms with Gasteiger partial charge in [-0.25, -0.2) is 4.98 Å². The highest BCUT2D eigenvalue weighted by Gasteiger charge is 2.43. The number of benzene rings is 2.